The molecule has 1 atom stereocenters. The molecule has 0 spiro atoms. The lowest BCUT2D eigenvalue weighted by atomic mass is 9.96. The van der Waals surface area contributed by atoms with Crippen molar-refractivity contribution in [3.63, 3.8) is 0 Å². The first kappa shape index (κ1) is 15.2. The Morgan fingerprint density at radius 1 is 1.47 bits per heavy atom. The molecule has 0 aliphatic heterocycles. The van der Waals surface area contributed by atoms with Crippen LogP contribution in [-0.4, -0.2) is 32.3 Å². The molecule has 0 bridgehead atoms. The van der Waals surface area contributed by atoms with Crippen LogP contribution in [0, 0.1) is 6.92 Å². The summed E-state index contributed by atoms with van der Waals surface area (Å²) in [6.07, 6.45) is 1.06. The Kier molecular flexibility index (Phi) is 4.69. The third kappa shape index (κ3) is 3.33. The van der Waals surface area contributed by atoms with Crippen LogP contribution in [0.25, 0.3) is 0 Å². The standard InChI is InChI=1S/C13H21N3O3/c1-5-7-13(4,12(18)19)14-11(17)10-8-9(3)15-16(10)6-2/h8H,5-7H2,1-4H3,(H,14,17)(H,18,19). The molecule has 0 fully saturated rings. The molecule has 0 aliphatic carbocycles. The van der Waals surface area contributed by atoms with E-state index in [2.05, 4.69) is 10.4 Å². The first-order chi connectivity index (χ1) is 8.84. The van der Waals surface area contributed by atoms with Gasteiger partial charge in [0.05, 0.1) is 5.69 Å². The smallest absolute Gasteiger partial charge is 0.329 e. The zero-order valence-electron chi connectivity index (χ0n) is 11.9. The number of carboxylic acids is 1. The number of amides is 1. The number of aliphatic carboxylic acids is 1. The van der Waals surface area contributed by atoms with Gasteiger partial charge in [-0.2, -0.15) is 5.10 Å². The average molecular weight is 267 g/mol. The molecule has 1 amide bonds. The maximum Gasteiger partial charge on any atom is 0.329 e. The van der Waals surface area contributed by atoms with Crippen molar-refractivity contribution < 1.29 is 14.7 Å². The van der Waals surface area contributed by atoms with Crippen LogP contribution in [0.3, 0.4) is 0 Å². The van der Waals surface area contributed by atoms with Gasteiger partial charge in [-0.1, -0.05) is 13.3 Å². The highest BCUT2D eigenvalue weighted by atomic mass is 16.4. The molecule has 1 heterocycles. The molecule has 0 radical (unpaired) electrons. The van der Waals surface area contributed by atoms with Gasteiger partial charge < -0.3 is 10.4 Å². The summed E-state index contributed by atoms with van der Waals surface area (Å²) in [5.41, 5.74) is -0.120. The van der Waals surface area contributed by atoms with Gasteiger partial charge in [-0.05, 0) is 33.3 Å². The van der Waals surface area contributed by atoms with Crippen LogP contribution in [0.1, 0.15) is 49.8 Å². The van der Waals surface area contributed by atoms with E-state index in [1.165, 1.54) is 6.92 Å². The number of hydrogen-bond donors (Lipinski definition) is 2. The van der Waals surface area contributed by atoms with E-state index in [9.17, 15) is 14.7 Å². The predicted molar refractivity (Wildman–Crippen MR) is 71.1 cm³/mol. The fourth-order valence-electron chi connectivity index (χ4n) is 2.01. The SMILES string of the molecule is CCCC(C)(NC(=O)c1cc(C)nn1CC)C(=O)O. The van der Waals surface area contributed by atoms with Gasteiger partial charge in [-0.3, -0.25) is 9.48 Å². The first-order valence-electron chi connectivity index (χ1n) is 6.44. The Balaban J connectivity index is 2.97. The number of aryl methyl sites for hydroxylation is 2. The van der Waals surface area contributed by atoms with Gasteiger partial charge >= 0.3 is 5.97 Å². The maximum atomic E-state index is 12.2. The Morgan fingerprint density at radius 2 is 2.11 bits per heavy atom. The van der Waals surface area contributed by atoms with Crippen molar-refractivity contribution in [2.24, 2.45) is 0 Å². The molecule has 6 heteroatoms. The maximum absolute atomic E-state index is 12.2. The van der Waals surface area contributed by atoms with Gasteiger partial charge in [0.1, 0.15) is 11.2 Å². The highest BCUT2D eigenvalue weighted by Gasteiger charge is 2.34. The highest BCUT2D eigenvalue weighted by molar-refractivity contribution is 5.96. The fourth-order valence-corrected chi connectivity index (χ4v) is 2.01. The third-order valence-electron chi connectivity index (χ3n) is 3.05. The second-order valence-electron chi connectivity index (χ2n) is 4.83. The molecule has 0 aliphatic rings. The zero-order chi connectivity index (χ0) is 14.6. The molecule has 19 heavy (non-hydrogen) atoms. The molecular weight excluding hydrogens is 246 g/mol. The molecular formula is C13H21N3O3. The van der Waals surface area contributed by atoms with Gasteiger partial charge in [-0.15, -0.1) is 0 Å². The van der Waals surface area contributed by atoms with Crippen LogP contribution in [0.4, 0.5) is 0 Å². The minimum Gasteiger partial charge on any atom is -0.480 e. The van der Waals surface area contributed by atoms with Gasteiger partial charge in [0.2, 0.25) is 0 Å². The van der Waals surface area contributed by atoms with E-state index in [1.807, 2.05) is 13.8 Å². The summed E-state index contributed by atoms with van der Waals surface area (Å²) in [5.74, 6) is -1.43. The van der Waals surface area contributed by atoms with Crippen LogP contribution >= 0.6 is 0 Å². The van der Waals surface area contributed by atoms with Gasteiger partial charge in [-0.25, -0.2) is 4.79 Å². The Labute approximate surface area is 112 Å². The molecule has 0 saturated carbocycles. The number of carbonyl (C=O) groups is 2. The van der Waals surface area contributed by atoms with Crippen LogP contribution in [-0.2, 0) is 11.3 Å². The number of hydrogen-bond acceptors (Lipinski definition) is 3. The lowest BCUT2D eigenvalue weighted by molar-refractivity contribution is -0.144. The topological polar surface area (TPSA) is 84.2 Å². The van der Waals surface area contributed by atoms with Crippen LogP contribution in [0.2, 0.25) is 0 Å². The number of nitrogens with one attached hydrogen (secondary N) is 1. The summed E-state index contributed by atoms with van der Waals surface area (Å²) < 4.78 is 1.57. The second-order valence-corrected chi connectivity index (χ2v) is 4.83. The van der Waals surface area contributed by atoms with Crippen LogP contribution in [0.15, 0.2) is 6.07 Å². The molecule has 106 valence electrons. The molecule has 1 rings (SSSR count). The van der Waals surface area contributed by atoms with Gasteiger partial charge in [0.15, 0.2) is 0 Å². The summed E-state index contributed by atoms with van der Waals surface area (Å²) in [6, 6.07) is 1.66. The Bertz CT molecular complexity index is 481. The van der Waals surface area contributed by atoms with Crippen LogP contribution in [0.5, 0.6) is 0 Å². The van der Waals surface area contributed by atoms with Gasteiger partial charge in [0.25, 0.3) is 5.91 Å². The lowest BCUT2D eigenvalue weighted by Gasteiger charge is -2.25. The molecule has 1 unspecified atom stereocenters. The van der Waals surface area contributed by atoms with Crippen molar-refractivity contribution >= 4 is 11.9 Å². The fraction of sp³-hybridized carbons (Fsp3) is 0.615. The van der Waals surface area contributed by atoms with Gasteiger partial charge in [0, 0.05) is 6.54 Å². The van der Waals surface area contributed by atoms with E-state index >= 15 is 0 Å². The summed E-state index contributed by atoms with van der Waals surface area (Å²) in [7, 11) is 0. The summed E-state index contributed by atoms with van der Waals surface area (Å²) in [6.45, 7) is 7.65. The van der Waals surface area contributed by atoms with E-state index in [4.69, 9.17) is 0 Å². The third-order valence-corrected chi connectivity index (χ3v) is 3.05. The number of carboxylic acid groups (broad SMARTS) is 1. The first-order valence-corrected chi connectivity index (χ1v) is 6.44. The van der Waals surface area contributed by atoms with E-state index < -0.39 is 17.4 Å². The normalized spacial score (nSPS) is 13.9. The predicted octanol–water partition coefficient (Wildman–Crippen LogP) is 1.58. The molecule has 2 N–H and O–H groups in total. The van der Waals surface area contributed by atoms with Crippen molar-refractivity contribution in [3.05, 3.63) is 17.5 Å². The Hall–Kier alpha value is -1.85. The zero-order valence-corrected chi connectivity index (χ0v) is 11.9. The molecule has 0 saturated heterocycles. The van der Waals surface area contributed by atoms with E-state index in [-0.39, 0.29) is 0 Å². The number of nitrogens with zero attached hydrogens (tertiary/aromatic N) is 2. The number of carbonyl (C=O) groups excluding carboxylic acids is 1. The minimum atomic E-state index is -1.25. The van der Waals surface area contributed by atoms with Crippen molar-refractivity contribution in [2.45, 2.75) is 52.6 Å². The van der Waals surface area contributed by atoms with E-state index in [0.29, 0.717) is 25.1 Å². The number of rotatable bonds is 6. The Morgan fingerprint density at radius 3 is 2.58 bits per heavy atom. The summed E-state index contributed by atoms with van der Waals surface area (Å²) >= 11 is 0. The van der Waals surface area contributed by atoms with E-state index in [0.717, 1.165) is 5.69 Å². The average Bonchev–Trinajstić information content (AvgIpc) is 2.70. The quantitative estimate of drug-likeness (QED) is 0.819. The summed E-state index contributed by atoms with van der Waals surface area (Å²) in [4.78, 5) is 23.5. The largest absolute Gasteiger partial charge is 0.480 e. The molecule has 1 aromatic heterocycles. The van der Waals surface area contributed by atoms with E-state index in [1.54, 1.807) is 17.7 Å². The monoisotopic (exact) mass is 267 g/mol. The molecule has 6 nitrogen and oxygen atoms in total. The number of aromatic nitrogens is 2. The van der Waals surface area contributed by atoms with Crippen molar-refractivity contribution in [1.82, 2.24) is 15.1 Å². The van der Waals surface area contributed by atoms with Crippen molar-refractivity contribution in [2.75, 3.05) is 0 Å². The lowest BCUT2D eigenvalue weighted by Crippen LogP contribution is -2.52. The van der Waals surface area contributed by atoms with Crippen molar-refractivity contribution in [3.8, 4) is 0 Å². The summed E-state index contributed by atoms with van der Waals surface area (Å²) in [5, 5.41) is 16.0. The minimum absolute atomic E-state index is 0.382. The van der Waals surface area contributed by atoms with Crippen molar-refractivity contribution in [1.29, 1.82) is 0 Å². The molecule has 0 aromatic carbocycles. The molecule has 1 aromatic rings. The highest BCUT2D eigenvalue weighted by Crippen LogP contribution is 2.14. The second kappa shape index (κ2) is 5.86. The van der Waals surface area contributed by atoms with Crippen LogP contribution < -0.4 is 5.32 Å².